The van der Waals surface area contributed by atoms with Crippen molar-refractivity contribution in [1.82, 2.24) is 4.90 Å². The predicted molar refractivity (Wildman–Crippen MR) is 137 cm³/mol. The molecule has 2 fully saturated rings. The third-order valence-electron chi connectivity index (χ3n) is 6.81. The summed E-state index contributed by atoms with van der Waals surface area (Å²) in [5, 5.41) is 5.16. The molecule has 0 bridgehead atoms. The van der Waals surface area contributed by atoms with E-state index >= 15 is 0 Å². The number of anilines is 2. The van der Waals surface area contributed by atoms with Crippen molar-refractivity contribution >= 4 is 28.1 Å². The molecule has 0 atom stereocenters. The SMILES string of the molecule is O=C(Nc1ccc(CCCN2CCOCC2)c2ccccc12)c1cc(F)cc(N2CCOCC2)c1. The molecular weight excluding hydrogens is 445 g/mol. The highest BCUT2D eigenvalue weighted by Crippen LogP contribution is 2.29. The number of carbonyl (C=O) groups is 1. The van der Waals surface area contributed by atoms with Crippen LogP contribution in [0.4, 0.5) is 15.8 Å². The van der Waals surface area contributed by atoms with Crippen molar-refractivity contribution in [2.45, 2.75) is 12.8 Å². The summed E-state index contributed by atoms with van der Waals surface area (Å²) >= 11 is 0. The fourth-order valence-electron chi connectivity index (χ4n) is 4.91. The molecule has 1 amide bonds. The van der Waals surface area contributed by atoms with Gasteiger partial charge in [-0.25, -0.2) is 4.39 Å². The molecule has 0 unspecified atom stereocenters. The number of morpholine rings is 2. The van der Waals surface area contributed by atoms with Gasteiger partial charge < -0.3 is 19.7 Å². The van der Waals surface area contributed by atoms with Gasteiger partial charge in [-0.15, -0.1) is 0 Å². The average Bonchev–Trinajstić information content (AvgIpc) is 2.90. The van der Waals surface area contributed by atoms with Gasteiger partial charge in [0.2, 0.25) is 0 Å². The minimum absolute atomic E-state index is 0.310. The molecule has 35 heavy (non-hydrogen) atoms. The summed E-state index contributed by atoms with van der Waals surface area (Å²) in [7, 11) is 0. The maximum Gasteiger partial charge on any atom is 0.255 e. The normalized spacial score (nSPS) is 17.0. The number of ether oxygens (including phenoxy) is 2. The number of hydrogen-bond acceptors (Lipinski definition) is 5. The van der Waals surface area contributed by atoms with E-state index in [2.05, 4.69) is 22.3 Å². The van der Waals surface area contributed by atoms with Crippen LogP contribution >= 0.6 is 0 Å². The number of amides is 1. The van der Waals surface area contributed by atoms with Crippen LogP contribution in [-0.4, -0.2) is 70.0 Å². The fraction of sp³-hybridized carbons (Fsp3) is 0.393. The molecule has 0 saturated carbocycles. The number of carbonyl (C=O) groups excluding carboxylic acids is 1. The number of benzene rings is 3. The summed E-state index contributed by atoms with van der Waals surface area (Å²) in [6.45, 7) is 7.25. The molecule has 184 valence electrons. The van der Waals surface area contributed by atoms with Crippen LogP contribution in [0.5, 0.6) is 0 Å². The zero-order chi connectivity index (χ0) is 24.0. The molecule has 3 aromatic rings. The first-order chi connectivity index (χ1) is 17.2. The van der Waals surface area contributed by atoms with E-state index in [1.165, 1.54) is 17.7 Å². The van der Waals surface area contributed by atoms with Gasteiger partial charge in [0.1, 0.15) is 5.82 Å². The first kappa shape index (κ1) is 23.7. The highest BCUT2D eigenvalue weighted by Gasteiger charge is 2.17. The van der Waals surface area contributed by atoms with Crippen molar-refractivity contribution in [3.63, 3.8) is 0 Å². The van der Waals surface area contributed by atoms with Crippen LogP contribution in [0.2, 0.25) is 0 Å². The van der Waals surface area contributed by atoms with E-state index in [1.807, 2.05) is 29.2 Å². The van der Waals surface area contributed by atoms with Gasteiger partial charge in [0.05, 0.1) is 26.4 Å². The molecule has 0 aliphatic carbocycles. The number of aryl methyl sites for hydroxylation is 1. The molecule has 2 saturated heterocycles. The van der Waals surface area contributed by atoms with Crippen LogP contribution in [-0.2, 0) is 15.9 Å². The summed E-state index contributed by atoms with van der Waals surface area (Å²) in [4.78, 5) is 17.6. The van der Waals surface area contributed by atoms with Crippen molar-refractivity contribution in [2.75, 3.05) is 69.4 Å². The van der Waals surface area contributed by atoms with E-state index in [0.717, 1.165) is 62.1 Å². The van der Waals surface area contributed by atoms with Crippen molar-refractivity contribution in [3.05, 3.63) is 71.5 Å². The molecule has 2 aliphatic heterocycles. The lowest BCUT2D eigenvalue weighted by atomic mass is 9.99. The van der Waals surface area contributed by atoms with Gasteiger partial charge >= 0.3 is 0 Å². The lowest BCUT2D eigenvalue weighted by molar-refractivity contribution is 0.0375. The maximum absolute atomic E-state index is 14.4. The summed E-state index contributed by atoms with van der Waals surface area (Å²) in [5.74, 6) is -0.733. The standard InChI is InChI=1S/C28H32FN3O3/c29-23-18-22(19-24(20-23)32-12-16-35-17-13-32)28(33)30-27-8-7-21(25-5-1-2-6-26(25)27)4-3-9-31-10-14-34-15-11-31/h1-2,5-8,18-20H,3-4,9-17H2,(H,30,33). The van der Waals surface area contributed by atoms with Gasteiger partial charge in [-0.05, 0) is 54.6 Å². The Kier molecular flexibility index (Phi) is 7.57. The van der Waals surface area contributed by atoms with Crippen LogP contribution in [0.1, 0.15) is 22.3 Å². The summed E-state index contributed by atoms with van der Waals surface area (Å²) < 4.78 is 25.2. The van der Waals surface area contributed by atoms with E-state index in [-0.39, 0.29) is 5.91 Å². The third-order valence-corrected chi connectivity index (χ3v) is 6.81. The molecule has 0 radical (unpaired) electrons. The lowest BCUT2D eigenvalue weighted by Crippen LogP contribution is -2.36. The van der Waals surface area contributed by atoms with Crippen LogP contribution in [0.15, 0.2) is 54.6 Å². The Hall–Kier alpha value is -3.00. The molecule has 1 N–H and O–H groups in total. The molecule has 2 heterocycles. The van der Waals surface area contributed by atoms with E-state index in [1.54, 1.807) is 6.07 Å². The van der Waals surface area contributed by atoms with Crippen molar-refractivity contribution in [1.29, 1.82) is 0 Å². The Morgan fingerprint density at radius 2 is 1.60 bits per heavy atom. The second-order valence-corrected chi connectivity index (χ2v) is 9.13. The fourth-order valence-corrected chi connectivity index (χ4v) is 4.91. The Morgan fingerprint density at radius 3 is 2.37 bits per heavy atom. The molecule has 2 aliphatic rings. The number of halogens is 1. The van der Waals surface area contributed by atoms with E-state index < -0.39 is 5.82 Å². The Balaban J connectivity index is 1.31. The van der Waals surface area contributed by atoms with E-state index in [0.29, 0.717) is 37.6 Å². The zero-order valence-electron chi connectivity index (χ0n) is 20.0. The van der Waals surface area contributed by atoms with Gasteiger partial charge in [0, 0.05) is 48.5 Å². The molecule has 0 aromatic heterocycles. The molecular formula is C28H32FN3O3. The van der Waals surface area contributed by atoms with Gasteiger partial charge in [0.15, 0.2) is 0 Å². The number of fused-ring (bicyclic) bond motifs is 1. The van der Waals surface area contributed by atoms with Gasteiger partial charge in [-0.3, -0.25) is 9.69 Å². The predicted octanol–water partition coefficient (Wildman–Crippen LogP) is 4.33. The number of nitrogens with one attached hydrogen (secondary N) is 1. The lowest BCUT2D eigenvalue weighted by Gasteiger charge is -2.29. The topological polar surface area (TPSA) is 54.0 Å². The number of hydrogen-bond donors (Lipinski definition) is 1. The van der Waals surface area contributed by atoms with Crippen LogP contribution in [0.25, 0.3) is 10.8 Å². The Bertz CT molecular complexity index is 1170. The summed E-state index contributed by atoms with van der Waals surface area (Å²) in [5.41, 5.74) is 3.02. The molecule has 3 aromatic carbocycles. The van der Waals surface area contributed by atoms with Crippen molar-refractivity contribution < 1.29 is 18.7 Å². The number of nitrogens with zero attached hydrogens (tertiary/aromatic N) is 2. The number of rotatable bonds is 7. The molecule has 6 nitrogen and oxygen atoms in total. The molecule has 5 rings (SSSR count). The summed E-state index contributed by atoms with van der Waals surface area (Å²) in [6, 6.07) is 16.7. The second-order valence-electron chi connectivity index (χ2n) is 9.13. The quantitative estimate of drug-likeness (QED) is 0.549. The first-order valence-electron chi connectivity index (χ1n) is 12.4. The van der Waals surface area contributed by atoms with Crippen LogP contribution in [0, 0.1) is 5.82 Å². The zero-order valence-corrected chi connectivity index (χ0v) is 20.0. The van der Waals surface area contributed by atoms with E-state index in [4.69, 9.17) is 9.47 Å². The smallest absolute Gasteiger partial charge is 0.255 e. The van der Waals surface area contributed by atoms with Gasteiger partial charge in [-0.2, -0.15) is 0 Å². The first-order valence-corrected chi connectivity index (χ1v) is 12.4. The monoisotopic (exact) mass is 477 g/mol. The van der Waals surface area contributed by atoms with Crippen LogP contribution < -0.4 is 10.2 Å². The maximum atomic E-state index is 14.4. The Morgan fingerprint density at radius 1 is 0.886 bits per heavy atom. The molecule has 7 heteroatoms. The van der Waals surface area contributed by atoms with Crippen molar-refractivity contribution in [3.8, 4) is 0 Å². The minimum Gasteiger partial charge on any atom is -0.379 e. The largest absolute Gasteiger partial charge is 0.379 e. The van der Waals surface area contributed by atoms with Crippen LogP contribution in [0.3, 0.4) is 0 Å². The van der Waals surface area contributed by atoms with Gasteiger partial charge in [0.25, 0.3) is 5.91 Å². The highest BCUT2D eigenvalue weighted by atomic mass is 19.1. The third kappa shape index (κ3) is 5.81. The van der Waals surface area contributed by atoms with Crippen molar-refractivity contribution in [2.24, 2.45) is 0 Å². The van der Waals surface area contributed by atoms with Gasteiger partial charge in [-0.1, -0.05) is 30.3 Å². The summed E-state index contributed by atoms with van der Waals surface area (Å²) in [6.07, 6.45) is 2.04. The highest BCUT2D eigenvalue weighted by molar-refractivity contribution is 6.10. The minimum atomic E-state index is -0.417. The molecule has 0 spiro atoms. The Labute approximate surface area is 205 Å². The van der Waals surface area contributed by atoms with E-state index in [9.17, 15) is 9.18 Å². The average molecular weight is 478 g/mol. The second kappa shape index (κ2) is 11.2.